The number of fused-ring (bicyclic) bond motifs is 1. The van der Waals surface area contributed by atoms with Gasteiger partial charge in [0.1, 0.15) is 5.82 Å². The number of aryl methyl sites for hydroxylation is 1. The number of aromatic nitrogens is 1. The van der Waals surface area contributed by atoms with Crippen molar-refractivity contribution < 1.29 is 4.39 Å². The van der Waals surface area contributed by atoms with Gasteiger partial charge < -0.3 is 4.57 Å². The van der Waals surface area contributed by atoms with Gasteiger partial charge in [0, 0.05) is 12.2 Å². The molecule has 0 atom stereocenters. The van der Waals surface area contributed by atoms with Gasteiger partial charge in [0.05, 0.1) is 5.39 Å². The molecule has 84 valence electrons. The fraction of sp³-hybridized carbons (Fsp3) is 0.308. The first-order chi connectivity index (χ1) is 7.50. The summed E-state index contributed by atoms with van der Waals surface area (Å²) in [7, 11) is 0. The zero-order chi connectivity index (χ0) is 11.9. The van der Waals surface area contributed by atoms with E-state index in [-0.39, 0.29) is 17.4 Å². The summed E-state index contributed by atoms with van der Waals surface area (Å²) in [5.74, 6) is -0.370. The second-order valence-corrected chi connectivity index (χ2v) is 4.31. The van der Waals surface area contributed by atoms with E-state index >= 15 is 0 Å². The molecule has 3 heteroatoms. The molecule has 2 aromatic rings. The monoisotopic (exact) mass is 219 g/mol. The van der Waals surface area contributed by atoms with Crippen molar-refractivity contribution in [2.45, 2.75) is 26.8 Å². The number of halogens is 1. The summed E-state index contributed by atoms with van der Waals surface area (Å²) in [6.45, 7) is 5.80. The summed E-state index contributed by atoms with van der Waals surface area (Å²) in [4.78, 5) is 12.1. The van der Waals surface area contributed by atoms with Gasteiger partial charge in [0.15, 0.2) is 0 Å². The van der Waals surface area contributed by atoms with E-state index in [1.165, 1.54) is 12.1 Å². The molecule has 0 saturated heterocycles. The number of nitrogens with zero attached hydrogens (tertiary/aromatic N) is 1. The fourth-order valence-electron chi connectivity index (χ4n) is 1.90. The number of rotatable bonds is 1. The molecule has 0 N–H and O–H groups in total. The summed E-state index contributed by atoms with van der Waals surface area (Å²) in [5, 5.41) is 1.28. The highest BCUT2D eigenvalue weighted by atomic mass is 19.1. The minimum Gasteiger partial charge on any atom is -0.312 e. The van der Waals surface area contributed by atoms with Gasteiger partial charge in [-0.1, -0.05) is 6.07 Å². The van der Waals surface area contributed by atoms with Crippen LogP contribution in [0.4, 0.5) is 4.39 Å². The zero-order valence-corrected chi connectivity index (χ0v) is 9.62. The molecular formula is C13H14FNO. The van der Waals surface area contributed by atoms with Crippen molar-refractivity contribution in [3.05, 3.63) is 46.1 Å². The Labute approximate surface area is 93.3 Å². The van der Waals surface area contributed by atoms with Crippen molar-refractivity contribution in [3.8, 4) is 0 Å². The van der Waals surface area contributed by atoms with E-state index in [9.17, 15) is 9.18 Å². The molecule has 0 radical (unpaired) electrons. The molecule has 1 heterocycles. The maximum atomic E-state index is 13.1. The highest BCUT2D eigenvalue weighted by Gasteiger charge is 2.08. The van der Waals surface area contributed by atoms with Crippen LogP contribution in [0.25, 0.3) is 10.8 Å². The van der Waals surface area contributed by atoms with Gasteiger partial charge in [-0.3, -0.25) is 4.79 Å². The Hall–Kier alpha value is -1.64. The number of benzene rings is 1. The van der Waals surface area contributed by atoms with E-state index in [0.717, 1.165) is 10.9 Å². The molecule has 0 unspecified atom stereocenters. The normalized spacial score (nSPS) is 11.3. The number of hydrogen-bond acceptors (Lipinski definition) is 1. The molecular weight excluding hydrogens is 205 g/mol. The number of hydrogen-bond donors (Lipinski definition) is 0. The van der Waals surface area contributed by atoms with Crippen LogP contribution in [0.1, 0.15) is 25.5 Å². The third-order valence-electron chi connectivity index (χ3n) is 2.76. The Bertz CT molecular complexity index is 599. The summed E-state index contributed by atoms with van der Waals surface area (Å²) < 4.78 is 14.8. The number of pyridine rings is 1. The quantitative estimate of drug-likeness (QED) is 0.722. The first kappa shape index (κ1) is 10.9. The summed E-state index contributed by atoms with van der Waals surface area (Å²) >= 11 is 0. The molecule has 0 aliphatic rings. The SMILES string of the molecule is Cc1cn(C(C)C)c(=O)c2cc(F)ccc12. The lowest BCUT2D eigenvalue weighted by Gasteiger charge is -2.13. The molecule has 16 heavy (non-hydrogen) atoms. The van der Waals surface area contributed by atoms with Crippen molar-refractivity contribution in [2.24, 2.45) is 0 Å². The predicted molar refractivity (Wildman–Crippen MR) is 63.3 cm³/mol. The summed E-state index contributed by atoms with van der Waals surface area (Å²) in [6, 6.07) is 4.43. The molecule has 2 rings (SSSR count). The second-order valence-electron chi connectivity index (χ2n) is 4.31. The molecule has 2 nitrogen and oxygen atoms in total. The molecule has 0 fully saturated rings. The summed E-state index contributed by atoms with van der Waals surface area (Å²) in [6.07, 6.45) is 1.83. The third-order valence-corrected chi connectivity index (χ3v) is 2.76. The van der Waals surface area contributed by atoms with Crippen LogP contribution in [0.3, 0.4) is 0 Å². The Balaban J connectivity index is 2.92. The van der Waals surface area contributed by atoms with Crippen molar-refractivity contribution in [1.82, 2.24) is 4.57 Å². The van der Waals surface area contributed by atoms with Crippen LogP contribution in [-0.4, -0.2) is 4.57 Å². The molecule has 0 saturated carbocycles. The van der Waals surface area contributed by atoms with Crippen molar-refractivity contribution >= 4 is 10.8 Å². The fourth-order valence-corrected chi connectivity index (χ4v) is 1.90. The van der Waals surface area contributed by atoms with Crippen LogP contribution >= 0.6 is 0 Å². The van der Waals surface area contributed by atoms with Crippen LogP contribution < -0.4 is 5.56 Å². The minimum absolute atomic E-state index is 0.0823. The van der Waals surface area contributed by atoms with Gasteiger partial charge in [-0.05, 0) is 43.9 Å². The lowest BCUT2D eigenvalue weighted by atomic mass is 10.1. The van der Waals surface area contributed by atoms with Gasteiger partial charge >= 0.3 is 0 Å². The smallest absolute Gasteiger partial charge is 0.258 e. The average Bonchev–Trinajstić information content (AvgIpc) is 2.22. The Morgan fingerprint density at radius 2 is 1.94 bits per heavy atom. The molecule has 1 aromatic heterocycles. The van der Waals surface area contributed by atoms with Gasteiger partial charge in [0.2, 0.25) is 0 Å². The predicted octanol–water partition coefficient (Wildman–Crippen LogP) is 3.03. The van der Waals surface area contributed by atoms with Gasteiger partial charge in [-0.25, -0.2) is 4.39 Å². The van der Waals surface area contributed by atoms with Crippen molar-refractivity contribution in [1.29, 1.82) is 0 Å². The molecule has 0 aliphatic carbocycles. The zero-order valence-electron chi connectivity index (χ0n) is 9.62. The summed E-state index contributed by atoms with van der Waals surface area (Å²) in [5.41, 5.74) is 0.860. The van der Waals surface area contributed by atoms with E-state index < -0.39 is 0 Å². The van der Waals surface area contributed by atoms with E-state index in [1.807, 2.05) is 27.0 Å². The Kier molecular flexibility index (Phi) is 2.54. The minimum atomic E-state index is -0.370. The molecule has 0 spiro atoms. The molecule has 0 bridgehead atoms. The molecule has 0 aliphatic heterocycles. The molecule has 1 aromatic carbocycles. The maximum absolute atomic E-state index is 13.1. The van der Waals surface area contributed by atoms with Crippen LogP contribution in [0.5, 0.6) is 0 Å². The highest BCUT2D eigenvalue weighted by molar-refractivity contribution is 5.84. The Morgan fingerprint density at radius 3 is 2.56 bits per heavy atom. The topological polar surface area (TPSA) is 22.0 Å². The van der Waals surface area contributed by atoms with Crippen LogP contribution in [0, 0.1) is 12.7 Å². The maximum Gasteiger partial charge on any atom is 0.258 e. The van der Waals surface area contributed by atoms with E-state index in [2.05, 4.69) is 0 Å². The average molecular weight is 219 g/mol. The molecule has 0 amide bonds. The highest BCUT2D eigenvalue weighted by Crippen LogP contribution is 2.17. The van der Waals surface area contributed by atoms with Crippen LogP contribution in [-0.2, 0) is 0 Å². The third kappa shape index (κ3) is 1.62. The van der Waals surface area contributed by atoms with Crippen LogP contribution in [0.2, 0.25) is 0 Å². The van der Waals surface area contributed by atoms with Gasteiger partial charge in [-0.15, -0.1) is 0 Å². The standard InChI is InChI=1S/C13H14FNO/c1-8(2)15-7-9(3)11-5-4-10(14)6-12(11)13(15)16/h4-8H,1-3H3. The first-order valence-corrected chi connectivity index (χ1v) is 5.31. The second kappa shape index (κ2) is 3.74. The Morgan fingerprint density at radius 1 is 1.25 bits per heavy atom. The van der Waals surface area contributed by atoms with Gasteiger partial charge in [0.25, 0.3) is 5.56 Å². The van der Waals surface area contributed by atoms with E-state index in [1.54, 1.807) is 10.6 Å². The van der Waals surface area contributed by atoms with Crippen LogP contribution in [0.15, 0.2) is 29.2 Å². The largest absolute Gasteiger partial charge is 0.312 e. The van der Waals surface area contributed by atoms with E-state index in [0.29, 0.717) is 5.39 Å². The van der Waals surface area contributed by atoms with Crippen molar-refractivity contribution in [3.63, 3.8) is 0 Å². The van der Waals surface area contributed by atoms with Gasteiger partial charge in [-0.2, -0.15) is 0 Å². The van der Waals surface area contributed by atoms with Crippen molar-refractivity contribution in [2.75, 3.05) is 0 Å². The van der Waals surface area contributed by atoms with E-state index in [4.69, 9.17) is 0 Å². The first-order valence-electron chi connectivity index (χ1n) is 5.31. The lowest BCUT2D eigenvalue weighted by molar-refractivity contribution is 0.580. The lowest BCUT2D eigenvalue weighted by Crippen LogP contribution is -2.22.